The molecule has 0 aromatic rings. The maximum Gasteiger partial charge on any atom is 0.205 e. The number of hydrazine groups is 1. The standard InChI is InChI=1S/C12H24N4/c1-3-14-12(16-13)15-8(2)11-7-9-4-5-10(11)6-9/h8-11H,3-7,13H2,1-2H3,(H2,14,15,16). The number of nitrogens with one attached hydrogen (secondary N) is 2. The minimum atomic E-state index is 0.483. The van der Waals surface area contributed by atoms with Crippen LogP contribution in [0.5, 0.6) is 0 Å². The first-order valence-electron chi connectivity index (χ1n) is 6.52. The average Bonchev–Trinajstić information content (AvgIpc) is 2.89. The van der Waals surface area contributed by atoms with Crippen LogP contribution in [0.2, 0.25) is 0 Å². The largest absolute Gasteiger partial charge is 0.353 e. The number of fused-ring (bicyclic) bond motifs is 2. The van der Waals surface area contributed by atoms with Crippen LogP contribution in [-0.2, 0) is 0 Å². The van der Waals surface area contributed by atoms with E-state index in [1.54, 1.807) is 0 Å². The van der Waals surface area contributed by atoms with Gasteiger partial charge >= 0.3 is 0 Å². The van der Waals surface area contributed by atoms with Crippen LogP contribution in [0.3, 0.4) is 0 Å². The maximum absolute atomic E-state index is 5.44. The molecule has 0 heterocycles. The Morgan fingerprint density at radius 1 is 1.44 bits per heavy atom. The molecule has 0 radical (unpaired) electrons. The highest BCUT2D eigenvalue weighted by atomic mass is 15.3. The summed E-state index contributed by atoms with van der Waals surface area (Å²) in [4.78, 5) is 4.29. The van der Waals surface area contributed by atoms with E-state index in [0.717, 1.165) is 30.3 Å². The summed E-state index contributed by atoms with van der Waals surface area (Å²) in [7, 11) is 0. The van der Waals surface area contributed by atoms with E-state index < -0.39 is 0 Å². The molecule has 2 fully saturated rings. The van der Waals surface area contributed by atoms with Crippen LogP contribution < -0.4 is 16.6 Å². The Balaban J connectivity index is 1.88. The molecule has 4 unspecified atom stereocenters. The third-order valence-corrected chi connectivity index (χ3v) is 4.25. The highest BCUT2D eigenvalue weighted by Gasteiger charge is 2.41. The van der Waals surface area contributed by atoms with E-state index in [-0.39, 0.29) is 0 Å². The molecule has 0 spiro atoms. The van der Waals surface area contributed by atoms with Gasteiger partial charge in [-0.05, 0) is 50.9 Å². The van der Waals surface area contributed by atoms with Crippen molar-refractivity contribution in [1.29, 1.82) is 0 Å². The summed E-state index contributed by atoms with van der Waals surface area (Å²) in [6.07, 6.45) is 5.73. The molecule has 16 heavy (non-hydrogen) atoms. The number of aliphatic imine (C=N–C) groups is 1. The van der Waals surface area contributed by atoms with Gasteiger partial charge in [0.2, 0.25) is 5.96 Å². The molecule has 2 rings (SSSR count). The summed E-state index contributed by atoms with van der Waals surface area (Å²) >= 11 is 0. The van der Waals surface area contributed by atoms with Crippen molar-refractivity contribution in [1.82, 2.24) is 10.7 Å². The van der Waals surface area contributed by atoms with Crippen LogP contribution >= 0.6 is 0 Å². The molecule has 2 saturated carbocycles. The van der Waals surface area contributed by atoms with Gasteiger partial charge in [0.05, 0.1) is 0 Å². The number of rotatable bonds is 3. The summed E-state index contributed by atoms with van der Waals surface area (Å²) in [6, 6.07) is 0.483. The van der Waals surface area contributed by atoms with Crippen LogP contribution in [-0.4, -0.2) is 18.5 Å². The lowest BCUT2D eigenvalue weighted by Crippen LogP contribution is -2.48. The topological polar surface area (TPSA) is 62.4 Å². The first kappa shape index (κ1) is 11.7. The molecular formula is C12H24N4. The number of hydrogen-bond acceptors (Lipinski definition) is 2. The molecule has 2 bridgehead atoms. The quantitative estimate of drug-likeness (QED) is 0.292. The van der Waals surface area contributed by atoms with Crippen LogP contribution in [0.1, 0.15) is 39.5 Å². The third-order valence-electron chi connectivity index (χ3n) is 4.25. The number of hydrogen-bond donors (Lipinski definition) is 3. The summed E-state index contributed by atoms with van der Waals surface area (Å²) < 4.78 is 0. The first-order chi connectivity index (χ1) is 7.74. The smallest absolute Gasteiger partial charge is 0.205 e. The number of guanidine groups is 1. The fourth-order valence-corrected chi connectivity index (χ4v) is 3.52. The molecule has 2 aliphatic rings. The molecule has 0 aromatic carbocycles. The van der Waals surface area contributed by atoms with E-state index in [1.165, 1.54) is 25.7 Å². The summed E-state index contributed by atoms with van der Waals surface area (Å²) in [6.45, 7) is 5.03. The Bertz CT molecular complexity index is 264. The van der Waals surface area contributed by atoms with Gasteiger partial charge in [-0.3, -0.25) is 10.4 Å². The molecule has 4 N–H and O–H groups in total. The van der Waals surface area contributed by atoms with Crippen molar-refractivity contribution in [2.45, 2.75) is 45.6 Å². The van der Waals surface area contributed by atoms with Crippen molar-refractivity contribution >= 4 is 5.96 Å². The van der Waals surface area contributed by atoms with Crippen molar-refractivity contribution in [3.8, 4) is 0 Å². The Morgan fingerprint density at radius 3 is 2.75 bits per heavy atom. The highest BCUT2D eigenvalue weighted by Crippen LogP contribution is 2.49. The van der Waals surface area contributed by atoms with Crippen molar-refractivity contribution in [2.75, 3.05) is 6.54 Å². The van der Waals surface area contributed by atoms with Crippen molar-refractivity contribution in [3.05, 3.63) is 0 Å². The van der Waals surface area contributed by atoms with Gasteiger partial charge in [-0.2, -0.15) is 0 Å². The molecule has 0 aliphatic heterocycles. The second-order valence-corrected chi connectivity index (χ2v) is 5.24. The van der Waals surface area contributed by atoms with E-state index in [9.17, 15) is 0 Å². The van der Waals surface area contributed by atoms with Gasteiger partial charge in [-0.25, -0.2) is 5.84 Å². The van der Waals surface area contributed by atoms with E-state index in [4.69, 9.17) is 5.84 Å². The summed E-state index contributed by atoms with van der Waals surface area (Å²) in [5.41, 5.74) is 2.64. The third kappa shape index (κ3) is 2.32. The highest BCUT2D eigenvalue weighted by molar-refractivity contribution is 5.79. The second kappa shape index (κ2) is 5.04. The van der Waals surface area contributed by atoms with E-state index in [0.29, 0.717) is 6.04 Å². The Morgan fingerprint density at radius 2 is 2.25 bits per heavy atom. The predicted octanol–water partition coefficient (Wildman–Crippen LogP) is 1.24. The zero-order valence-corrected chi connectivity index (χ0v) is 10.4. The van der Waals surface area contributed by atoms with Gasteiger partial charge in [0, 0.05) is 12.6 Å². The zero-order chi connectivity index (χ0) is 11.5. The molecule has 0 aromatic heterocycles. The van der Waals surface area contributed by atoms with Crippen molar-refractivity contribution in [3.63, 3.8) is 0 Å². The minimum Gasteiger partial charge on any atom is -0.353 e. The van der Waals surface area contributed by atoms with E-state index in [2.05, 4.69) is 22.7 Å². The lowest BCUT2D eigenvalue weighted by Gasteiger charge is -2.29. The van der Waals surface area contributed by atoms with Gasteiger partial charge in [-0.1, -0.05) is 6.42 Å². The number of nitrogens with two attached hydrogens (primary N) is 1. The average molecular weight is 224 g/mol. The molecule has 4 nitrogen and oxygen atoms in total. The van der Waals surface area contributed by atoms with E-state index >= 15 is 0 Å². The normalized spacial score (nSPS) is 35.2. The van der Waals surface area contributed by atoms with Crippen molar-refractivity contribution < 1.29 is 0 Å². The van der Waals surface area contributed by atoms with Gasteiger partial charge in [0.25, 0.3) is 0 Å². The van der Waals surface area contributed by atoms with Crippen LogP contribution in [0.4, 0.5) is 0 Å². The minimum absolute atomic E-state index is 0.483. The lowest BCUT2D eigenvalue weighted by atomic mass is 9.84. The predicted molar refractivity (Wildman–Crippen MR) is 66.8 cm³/mol. The number of nitrogens with zero attached hydrogens (tertiary/aromatic N) is 1. The fraction of sp³-hybridized carbons (Fsp3) is 0.917. The second-order valence-electron chi connectivity index (χ2n) is 5.24. The SMILES string of the molecule is CCN=C(NN)NC(C)C1CC2CCC1C2. The van der Waals surface area contributed by atoms with Gasteiger partial charge in [-0.15, -0.1) is 0 Å². The van der Waals surface area contributed by atoms with Gasteiger partial charge in [0.1, 0.15) is 0 Å². The van der Waals surface area contributed by atoms with Crippen LogP contribution in [0, 0.1) is 17.8 Å². The molecule has 0 saturated heterocycles. The molecule has 0 amide bonds. The zero-order valence-electron chi connectivity index (χ0n) is 10.4. The first-order valence-corrected chi connectivity index (χ1v) is 6.52. The van der Waals surface area contributed by atoms with Crippen LogP contribution in [0.15, 0.2) is 4.99 Å². The van der Waals surface area contributed by atoms with Crippen molar-refractivity contribution in [2.24, 2.45) is 28.6 Å². The molecular weight excluding hydrogens is 200 g/mol. The molecule has 4 heteroatoms. The Kier molecular flexibility index (Phi) is 3.69. The summed E-state index contributed by atoms with van der Waals surface area (Å²) in [5, 5.41) is 3.41. The lowest BCUT2D eigenvalue weighted by molar-refractivity contribution is 0.277. The molecule has 92 valence electrons. The molecule has 2 aliphatic carbocycles. The Labute approximate surface area is 98.0 Å². The maximum atomic E-state index is 5.44. The van der Waals surface area contributed by atoms with Crippen LogP contribution in [0.25, 0.3) is 0 Å². The van der Waals surface area contributed by atoms with Gasteiger partial charge in [0.15, 0.2) is 0 Å². The summed E-state index contributed by atoms with van der Waals surface area (Å²) in [5.74, 6) is 8.92. The van der Waals surface area contributed by atoms with E-state index in [1.807, 2.05) is 6.92 Å². The monoisotopic (exact) mass is 224 g/mol. The van der Waals surface area contributed by atoms with Gasteiger partial charge < -0.3 is 5.32 Å². The fourth-order valence-electron chi connectivity index (χ4n) is 3.52. The molecule has 4 atom stereocenters. The Hall–Kier alpha value is -0.770.